The molecule has 1 atom stereocenters. The van der Waals surface area contributed by atoms with Crippen LogP contribution in [0.3, 0.4) is 0 Å². The Hall–Kier alpha value is -2.94. The van der Waals surface area contributed by atoms with Crippen LogP contribution in [0.2, 0.25) is 0 Å². The second kappa shape index (κ2) is 11.1. The van der Waals surface area contributed by atoms with E-state index in [1.54, 1.807) is 24.3 Å². The Morgan fingerprint density at radius 1 is 0.969 bits per heavy atom. The van der Waals surface area contributed by atoms with E-state index in [9.17, 15) is 9.59 Å². The van der Waals surface area contributed by atoms with Gasteiger partial charge in [0, 0.05) is 49.7 Å². The number of nitrogens with one attached hydrogen (secondary N) is 3. The van der Waals surface area contributed by atoms with Crippen molar-refractivity contribution >= 4 is 23.3 Å². The molecule has 0 spiro atoms. The zero-order chi connectivity index (χ0) is 22.2. The molecule has 0 aromatic heterocycles. The molecule has 3 N–H and O–H groups in total. The van der Waals surface area contributed by atoms with Crippen molar-refractivity contribution in [2.45, 2.75) is 25.5 Å². The van der Waals surface area contributed by atoms with Gasteiger partial charge < -0.3 is 25.4 Å². The number of anilines is 2. The number of ether oxygens (including phenoxy) is 2. The quantitative estimate of drug-likeness (QED) is 0.618. The highest BCUT2D eigenvalue weighted by molar-refractivity contribution is 6.04. The molecule has 0 aliphatic carbocycles. The van der Waals surface area contributed by atoms with Crippen LogP contribution in [-0.4, -0.2) is 62.4 Å². The van der Waals surface area contributed by atoms with Gasteiger partial charge in [-0.2, -0.15) is 0 Å². The summed E-state index contributed by atoms with van der Waals surface area (Å²) >= 11 is 0. The van der Waals surface area contributed by atoms with Crippen molar-refractivity contribution in [2.24, 2.45) is 0 Å². The molecule has 2 aromatic rings. The van der Waals surface area contributed by atoms with Crippen LogP contribution in [0.5, 0.6) is 0 Å². The van der Waals surface area contributed by atoms with Crippen molar-refractivity contribution in [3.8, 4) is 0 Å². The van der Waals surface area contributed by atoms with Crippen LogP contribution in [0.4, 0.5) is 16.2 Å². The summed E-state index contributed by atoms with van der Waals surface area (Å²) in [4.78, 5) is 27.1. The number of morpholine rings is 1. The van der Waals surface area contributed by atoms with Crippen molar-refractivity contribution in [1.29, 1.82) is 0 Å². The standard InChI is InChI=1S/C24H30N4O4/c29-23(19-4-1-3-18(15-19)17-28-10-13-31-14-11-28)26-20-6-8-21(9-7-20)27-24(30)25-16-22-5-2-12-32-22/h1,3-4,6-9,15,22H,2,5,10-14,16-17H2,(H,26,29)(H2,25,27,30). The molecule has 8 nitrogen and oxygen atoms in total. The predicted octanol–water partition coefficient (Wildman–Crippen LogP) is 3.07. The molecular formula is C24H30N4O4. The third kappa shape index (κ3) is 6.53. The summed E-state index contributed by atoms with van der Waals surface area (Å²) in [5, 5.41) is 8.53. The molecule has 2 fully saturated rings. The molecule has 2 aliphatic heterocycles. The van der Waals surface area contributed by atoms with Crippen LogP contribution in [0, 0.1) is 0 Å². The average molecular weight is 439 g/mol. The van der Waals surface area contributed by atoms with Crippen LogP contribution in [0.25, 0.3) is 0 Å². The van der Waals surface area contributed by atoms with Crippen molar-refractivity contribution in [3.05, 3.63) is 59.7 Å². The normalized spacial score (nSPS) is 18.8. The van der Waals surface area contributed by atoms with Gasteiger partial charge in [0.25, 0.3) is 5.91 Å². The van der Waals surface area contributed by atoms with Crippen molar-refractivity contribution < 1.29 is 19.1 Å². The van der Waals surface area contributed by atoms with E-state index in [1.165, 1.54) is 0 Å². The lowest BCUT2D eigenvalue weighted by Gasteiger charge is -2.26. The van der Waals surface area contributed by atoms with Gasteiger partial charge in [-0.25, -0.2) is 4.79 Å². The Morgan fingerprint density at radius 3 is 2.44 bits per heavy atom. The number of hydrogen-bond acceptors (Lipinski definition) is 5. The number of nitrogens with zero attached hydrogens (tertiary/aromatic N) is 1. The van der Waals surface area contributed by atoms with Gasteiger partial charge in [-0.05, 0) is 54.8 Å². The highest BCUT2D eigenvalue weighted by Gasteiger charge is 2.16. The molecule has 2 saturated heterocycles. The molecule has 2 aromatic carbocycles. The number of benzene rings is 2. The second-order valence-corrected chi connectivity index (χ2v) is 8.09. The third-order valence-corrected chi connectivity index (χ3v) is 5.61. The van der Waals surface area contributed by atoms with E-state index in [2.05, 4.69) is 20.9 Å². The van der Waals surface area contributed by atoms with Crippen LogP contribution in [-0.2, 0) is 16.0 Å². The minimum atomic E-state index is -0.269. The molecule has 0 saturated carbocycles. The molecule has 2 aliphatic rings. The summed E-state index contributed by atoms with van der Waals surface area (Å²) in [6.07, 6.45) is 2.12. The Balaban J connectivity index is 1.26. The fourth-order valence-corrected chi connectivity index (χ4v) is 3.86. The molecule has 0 bridgehead atoms. The molecule has 32 heavy (non-hydrogen) atoms. The van der Waals surface area contributed by atoms with E-state index >= 15 is 0 Å². The number of hydrogen-bond donors (Lipinski definition) is 3. The summed E-state index contributed by atoms with van der Waals surface area (Å²) in [6, 6.07) is 14.5. The lowest BCUT2D eigenvalue weighted by atomic mass is 10.1. The molecule has 8 heteroatoms. The summed E-state index contributed by atoms with van der Waals surface area (Å²) in [7, 11) is 0. The van der Waals surface area contributed by atoms with Gasteiger partial charge in [0.15, 0.2) is 0 Å². The maximum absolute atomic E-state index is 12.7. The van der Waals surface area contributed by atoms with E-state index in [0.717, 1.165) is 57.9 Å². The molecule has 0 radical (unpaired) electrons. The Labute approximate surface area is 188 Å². The van der Waals surface area contributed by atoms with Crippen LogP contribution < -0.4 is 16.0 Å². The predicted molar refractivity (Wildman–Crippen MR) is 123 cm³/mol. The maximum atomic E-state index is 12.7. The largest absolute Gasteiger partial charge is 0.379 e. The number of urea groups is 1. The number of amides is 3. The maximum Gasteiger partial charge on any atom is 0.319 e. The molecule has 3 amide bonds. The third-order valence-electron chi connectivity index (χ3n) is 5.61. The van der Waals surface area contributed by atoms with Crippen LogP contribution in [0.15, 0.2) is 48.5 Å². The van der Waals surface area contributed by atoms with Gasteiger partial charge in [0.05, 0.1) is 19.3 Å². The lowest BCUT2D eigenvalue weighted by Crippen LogP contribution is -2.35. The van der Waals surface area contributed by atoms with E-state index in [0.29, 0.717) is 23.5 Å². The first-order valence-electron chi connectivity index (χ1n) is 11.1. The SMILES string of the molecule is O=C(NCC1CCCO1)Nc1ccc(NC(=O)c2cccc(CN3CCOCC3)c2)cc1. The molecule has 1 unspecified atom stereocenters. The monoisotopic (exact) mass is 438 g/mol. The van der Waals surface area contributed by atoms with Crippen molar-refractivity contribution in [3.63, 3.8) is 0 Å². The number of carbonyl (C=O) groups excluding carboxylic acids is 2. The number of rotatable bonds is 7. The van der Waals surface area contributed by atoms with Gasteiger partial charge in [0.2, 0.25) is 0 Å². The van der Waals surface area contributed by atoms with Crippen LogP contribution in [0.1, 0.15) is 28.8 Å². The van der Waals surface area contributed by atoms with E-state index < -0.39 is 0 Å². The Morgan fingerprint density at radius 2 is 1.72 bits per heavy atom. The topological polar surface area (TPSA) is 91.9 Å². The minimum absolute atomic E-state index is 0.103. The van der Waals surface area contributed by atoms with Gasteiger partial charge in [-0.3, -0.25) is 9.69 Å². The van der Waals surface area contributed by atoms with Gasteiger partial charge in [-0.15, -0.1) is 0 Å². The zero-order valence-electron chi connectivity index (χ0n) is 18.1. The second-order valence-electron chi connectivity index (χ2n) is 8.09. The highest BCUT2D eigenvalue weighted by Crippen LogP contribution is 2.16. The van der Waals surface area contributed by atoms with Crippen LogP contribution >= 0.6 is 0 Å². The Kier molecular flexibility index (Phi) is 7.71. The van der Waals surface area contributed by atoms with Gasteiger partial charge in [-0.1, -0.05) is 12.1 Å². The molecule has 4 rings (SSSR count). The van der Waals surface area contributed by atoms with E-state index in [4.69, 9.17) is 9.47 Å². The van der Waals surface area contributed by atoms with Crippen molar-refractivity contribution in [2.75, 3.05) is 50.1 Å². The van der Waals surface area contributed by atoms with E-state index in [1.807, 2.05) is 24.3 Å². The van der Waals surface area contributed by atoms with Gasteiger partial charge in [0.1, 0.15) is 0 Å². The first-order valence-corrected chi connectivity index (χ1v) is 11.1. The minimum Gasteiger partial charge on any atom is -0.379 e. The zero-order valence-corrected chi connectivity index (χ0v) is 18.1. The fraction of sp³-hybridized carbons (Fsp3) is 0.417. The van der Waals surface area contributed by atoms with Gasteiger partial charge >= 0.3 is 6.03 Å². The summed E-state index contributed by atoms with van der Waals surface area (Å²) in [5.74, 6) is -0.163. The molecule has 170 valence electrons. The average Bonchev–Trinajstić information content (AvgIpc) is 3.34. The Bertz CT molecular complexity index is 906. The van der Waals surface area contributed by atoms with E-state index in [-0.39, 0.29) is 18.0 Å². The fourth-order valence-electron chi connectivity index (χ4n) is 3.86. The lowest BCUT2D eigenvalue weighted by molar-refractivity contribution is 0.0342. The summed E-state index contributed by atoms with van der Waals surface area (Å²) in [5.41, 5.74) is 3.04. The molecule has 2 heterocycles. The smallest absolute Gasteiger partial charge is 0.319 e. The molecular weight excluding hydrogens is 408 g/mol. The summed E-state index contributed by atoms with van der Waals surface area (Å²) < 4.78 is 10.9. The first-order chi connectivity index (χ1) is 15.7. The number of carbonyl (C=O) groups is 2. The first kappa shape index (κ1) is 22.3. The summed E-state index contributed by atoms with van der Waals surface area (Å²) in [6.45, 7) is 5.39. The van der Waals surface area contributed by atoms with Crippen molar-refractivity contribution in [1.82, 2.24) is 10.2 Å². The highest BCUT2D eigenvalue weighted by atomic mass is 16.5.